The molecule has 0 bridgehead atoms. The van der Waals surface area contributed by atoms with Crippen LogP contribution in [0.2, 0.25) is 0 Å². The first-order chi connectivity index (χ1) is 38.2. The number of unbranched alkanes of at least 4 members (excludes halogenated alkanes) is 9. The number of phosphoric acid groups is 1. The molecule has 0 aliphatic heterocycles. The van der Waals surface area contributed by atoms with Gasteiger partial charge in [0.15, 0.2) is 6.10 Å². The van der Waals surface area contributed by atoms with Gasteiger partial charge < -0.3 is 24.2 Å². The topological polar surface area (TPSA) is 155 Å². The molecule has 0 aromatic heterocycles. The highest BCUT2D eigenvalue weighted by molar-refractivity contribution is 7.47. The molecule has 0 aromatic carbocycles. The van der Waals surface area contributed by atoms with Crippen molar-refractivity contribution in [3.05, 3.63) is 158 Å². The number of hydrogen-bond donors (Lipinski definition) is 2. The maximum atomic E-state index is 12.9. The van der Waals surface area contributed by atoms with Crippen molar-refractivity contribution in [2.75, 3.05) is 26.4 Å². The van der Waals surface area contributed by atoms with Crippen LogP contribution in [0.15, 0.2) is 158 Å². The molecule has 78 heavy (non-hydrogen) atoms. The lowest BCUT2D eigenvalue weighted by Crippen LogP contribution is -2.30. The molecule has 0 fully saturated rings. The van der Waals surface area contributed by atoms with Gasteiger partial charge in [-0.25, -0.2) is 4.57 Å². The second kappa shape index (κ2) is 58.3. The maximum Gasteiger partial charge on any atom is 0.472 e. The Kier molecular flexibility index (Phi) is 54.6. The lowest BCUT2D eigenvalue weighted by Gasteiger charge is -2.21. The fourth-order valence-corrected chi connectivity index (χ4v) is 7.88. The Morgan fingerprint density at radius 3 is 1.04 bits per heavy atom. The standard InChI is InChI=1S/C66H103O11P/c1-4-7-10-13-16-19-22-25-28-30-31-33-35-37-40-43-46-49-52-55-64(68)73-59-63(77-66(70)57-54-51-48-45-42-39-36-32-29-26-23-20-17-14-11-8-5-2)61-75-78(71,72)74-60-62(58-67)76-65(69)56-53-50-47-44-41-38-34-27-24-21-18-15-12-9-6-3/h7-12,16-21,25-29,31,33-34,37,40-41,44,46,49,62-63,67H,4-6,13-15,22-24,30,32,35-36,38-39,42-43,45,47-48,50-61H2,1-3H3,(H,71,72)/b10-7-,11-8-,12-9-,19-16-,20-17-,21-18-,28-25-,29-26-,33-31-,34-27-,40-37-,44-41-,49-46-. The van der Waals surface area contributed by atoms with Gasteiger partial charge in [-0.1, -0.05) is 211 Å². The molecule has 0 saturated carbocycles. The molecule has 2 N–H and O–H groups in total. The summed E-state index contributed by atoms with van der Waals surface area (Å²) < 4.78 is 39.4. The third kappa shape index (κ3) is 55.8. The summed E-state index contributed by atoms with van der Waals surface area (Å²) in [5.74, 6) is -1.64. The number of carbonyl (C=O) groups excluding carboxylic acids is 3. The van der Waals surface area contributed by atoms with Crippen LogP contribution in [0, 0.1) is 0 Å². The molecule has 0 spiro atoms. The lowest BCUT2D eigenvalue weighted by molar-refractivity contribution is -0.161. The summed E-state index contributed by atoms with van der Waals surface area (Å²) in [6, 6.07) is 0. The van der Waals surface area contributed by atoms with E-state index in [9.17, 15) is 28.9 Å². The third-order valence-electron chi connectivity index (χ3n) is 11.4. The number of aliphatic hydroxyl groups excluding tert-OH is 1. The summed E-state index contributed by atoms with van der Waals surface area (Å²) in [5, 5.41) is 9.82. The SMILES string of the molecule is CC/C=C\C/C=C\C/C=C\C/C=C\C/C=C\C/C=C\CCC(=O)OCC(COP(=O)(O)OCC(CO)OC(=O)CCCC/C=C\C/C=C\C/C=C\C/C=C\CC)OC(=O)CCCCCCCCC/C=C\C/C=C\C/C=C\CC. The van der Waals surface area contributed by atoms with Gasteiger partial charge >= 0.3 is 25.7 Å². The number of carbonyl (C=O) groups is 3. The van der Waals surface area contributed by atoms with E-state index < -0.39 is 64.4 Å². The molecule has 0 amide bonds. The van der Waals surface area contributed by atoms with Crippen molar-refractivity contribution in [1.29, 1.82) is 0 Å². The maximum absolute atomic E-state index is 12.9. The van der Waals surface area contributed by atoms with Crippen LogP contribution in [0.5, 0.6) is 0 Å². The van der Waals surface area contributed by atoms with Crippen molar-refractivity contribution in [1.82, 2.24) is 0 Å². The highest BCUT2D eigenvalue weighted by Gasteiger charge is 2.28. The quantitative estimate of drug-likeness (QED) is 0.0197. The molecule has 438 valence electrons. The van der Waals surface area contributed by atoms with Gasteiger partial charge in [-0.3, -0.25) is 23.4 Å². The smallest absolute Gasteiger partial charge is 0.462 e. The third-order valence-corrected chi connectivity index (χ3v) is 12.4. The summed E-state index contributed by atoms with van der Waals surface area (Å²) in [6.07, 6.45) is 76.5. The zero-order chi connectivity index (χ0) is 56.9. The molecule has 0 aromatic rings. The van der Waals surface area contributed by atoms with E-state index in [4.69, 9.17) is 23.3 Å². The number of aliphatic hydroxyl groups is 1. The number of rotatable bonds is 52. The first-order valence-electron chi connectivity index (χ1n) is 29.4. The second-order valence-corrected chi connectivity index (χ2v) is 20.1. The second-order valence-electron chi connectivity index (χ2n) is 18.7. The van der Waals surface area contributed by atoms with E-state index in [1.54, 1.807) is 0 Å². The van der Waals surface area contributed by atoms with E-state index in [-0.39, 0.29) is 19.3 Å². The summed E-state index contributed by atoms with van der Waals surface area (Å²) in [4.78, 5) is 48.6. The molecule has 0 saturated heterocycles. The van der Waals surface area contributed by atoms with Crippen LogP contribution in [0.1, 0.15) is 201 Å². The van der Waals surface area contributed by atoms with Crippen LogP contribution in [-0.2, 0) is 42.2 Å². The van der Waals surface area contributed by atoms with Gasteiger partial charge in [0.05, 0.1) is 19.8 Å². The zero-order valence-corrected chi connectivity index (χ0v) is 49.2. The fraction of sp³-hybridized carbons (Fsp3) is 0.561. The van der Waals surface area contributed by atoms with Gasteiger partial charge in [0.25, 0.3) is 0 Å². The molecule has 0 heterocycles. The zero-order valence-electron chi connectivity index (χ0n) is 48.3. The molecular weight excluding hydrogens is 1000 g/mol. The predicted octanol–water partition coefficient (Wildman–Crippen LogP) is 17.7. The van der Waals surface area contributed by atoms with Gasteiger partial charge in [0, 0.05) is 19.3 Å². The van der Waals surface area contributed by atoms with Crippen molar-refractivity contribution < 1.29 is 52.2 Å². The average molecular weight is 1100 g/mol. The van der Waals surface area contributed by atoms with Gasteiger partial charge in [0.1, 0.15) is 12.7 Å². The van der Waals surface area contributed by atoms with Gasteiger partial charge in [-0.05, 0) is 128 Å². The Morgan fingerprint density at radius 1 is 0.359 bits per heavy atom. The van der Waals surface area contributed by atoms with E-state index in [0.29, 0.717) is 19.3 Å². The molecule has 11 nitrogen and oxygen atoms in total. The summed E-state index contributed by atoms with van der Waals surface area (Å²) >= 11 is 0. The van der Waals surface area contributed by atoms with Gasteiger partial charge in [0.2, 0.25) is 0 Å². The Hall–Kier alpha value is -4.90. The molecule has 0 rings (SSSR count). The summed E-state index contributed by atoms with van der Waals surface area (Å²) in [6.45, 7) is 4.14. The van der Waals surface area contributed by atoms with Crippen LogP contribution in [-0.4, -0.2) is 66.5 Å². The van der Waals surface area contributed by atoms with E-state index >= 15 is 0 Å². The summed E-state index contributed by atoms with van der Waals surface area (Å²) in [5.41, 5.74) is 0. The van der Waals surface area contributed by atoms with Gasteiger partial charge in [-0.15, -0.1) is 0 Å². The molecule has 0 aliphatic carbocycles. The Labute approximate surface area is 473 Å². The van der Waals surface area contributed by atoms with Crippen LogP contribution < -0.4 is 0 Å². The largest absolute Gasteiger partial charge is 0.472 e. The van der Waals surface area contributed by atoms with Crippen LogP contribution in [0.25, 0.3) is 0 Å². The van der Waals surface area contributed by atoms with E-state index in [1.165, 1.54) is 0 Å². The van der Waals surface area contributed by atoms with Crippen LogP contribution >= 0.6 is 7.82 Å². The average Bonchev–Trinajstić information content (AvgIpc) is 3.43. The molecule has 0 radical (unpaired) electrons. The first-order valence-corrected chi connectivity index (χ1v) is 30.9. The van der Waals surface area contributed by atoms with Crippen LogP contribution in [0.3, 0.4) is 0 Å². The van der Waals surface area contributed by atoms with Crippen molar-refractivity contribution in [3.63, 3.8) is 0 Å². The van der Waals surface area contributed by atoms with Crippen molar-refractivity contribution >= 4 is 25.7 Å². The number of esters is 3. The lowest BCUT2D eigenvalue weighted by atomic mass is 10.1. The number of allylic oxidation sites excluding steroid dienone is 26. The van der Waals surface area contributed by atoms with Gasteiger partial charge in [-0.2, -0.15) is 0 Å². The molecule has 3 atom stereocenters. The molecule has 12 heteroatoms. The minimum absolute atomic E-state index is 0.0869. The van der Waals surface area contributed by atoms with E-state index in [0.717, 1.165) is 141 Å². The van der Waals surface area contributed by atoms with Crippen molar-refractivity contribution in [3.8, 4) is 0 Å². The minimum Gasteiger partial charge on any atom is -0.462 e. The Bertz CT molecular complexity index is 1910. The first kappa shape index (κ1) is 73.1. The molecular formula is C66H103O11P. The number of phosphoric ester groups is 1. The van der Waals surface area contributed by atoms with E-state index in [1.807, 2.05) is 12.2 Å². The number of ether oxygens (including phenoxy) is 3. The minimum atomic E-state index is -4.79. The normalized spacial score (nSPS) is 14.5. The number of hydrogen-bond acceptors (Lipinski definition) is 10. The van der Waals surface area contributed by atoms with Crippen molar-refractivity contribution in [2.24, 2.45) is 0 Å². The van der Waals surface area contributed by atoms with Crippen molar-refractivity contribution in [2.45, 2.75) is 213 Å². The predicted molar refractivity (Wildman–Crippen MR) is 325 cm³/mol. The molecule has 0 aliphatic rings. The highest BCUT2D eigenvalue weighted by Crippen LogP contribution is 2.43. The Morgan fingerprint density at radius 2 is 0.654 bits per heavy atom. The van der Waals surface area contributed by atoms with E-state index in [2.05, 4.69) is 167 Å². The fourth-order valence-electron chi connectivity index (χ4n) is 7.09. The Balaban J connectivity index is 4.91. The molecule has 3 unspecified atom stereocenters. The monoisotopic (exact) mass is 1100 g/mol. The summed E-state index contributed by atoms with van der Waals surface area (Å²) in [7, 11) is -4.79. The highest BCUT2D eigenvalue weighted by atomic mass is 31.2. The van der Waals surface area contributed by atoms with Crippen LogP contribution in [0.4, 0.5) is 0 Å².